The number of nitrogens with zero attached hydrogens (tertiary/aromatic N) is 2. The van der Waals surface area contributed by atoms with Gasteiger partial charge in [-0.1, -0.05) is 12.1 Å². The van der Waals surface area contributed by atoms with E-state index in [2.05, 4.69) is 10.3 Å². The number of rotatable bonds is 6. The quantitative estimate of drug-likeness (QED) is 0.529. The zero-order valence-corrected chi connectivity index (χ0v) is 14.7. The highest BCUT2D eigenvalue weighted by molar-refractivity contribution is 7.13. The highest BCUT2D eigenvalue weighted by Gasteiger charge is 2.19. The summed E-state index contributed by atoms with van der Waals surface area (Å²) in [5.41, 5.74) is 1.45. The predicted octanol–water partition coefficient (Wildman–Crippen LogP) is 3.66. The van der Waals surface area contributed by atoms with E-state index in [1.165, 1.54) is 29.5 Å². The molecule has 0 aliphatic rings. The van der Waals surface area contributed by atoms with Crippen molar-refractivity contribution in [1.82, 2.24) is 10.3 Å². The molecule has 0 spiro atoms. The third-order valence-corrected chi connectivity index (χ3v) is 4.60. The third kappa shape index (κ3) is 3.86. The van der Waals surface area contributed by atoms with E-state index >= 15 is 0 Å². The van der Waals surface area contributed by atoms with Crippen LogP contribution in [0.5, 0.6) is 5.75 Å². The number of ether oxygens (including phenoxy) is 1. The van der Waals surface area contributed by atoms with Gasteiger partial charge in [-0.15, -0.1) is 11.3 Å². The zero-order valence-electron chi connectivity index (χ0n) is 13.8. The van der Waals surface area contributed by atoms with Crippen LogP contribution in [0.4, 0.5) is 5.69 Å². The van der Waals surface area contributed by atoms with Crippen LogP contribution in [0.25, 0.3) is 10.6 Å². The van der Waals surface area contributed by atoms with Gasteiger partial charge in [0.05, 0.1) is 24.3 Å². The molecular formula is C18H15N3O4S. The number of para-hydroxylation sites is 1. The first-order chi connectivity index (χ1) is 12.6. The number of benzene rings is 2. The number of aromatic nitrogens is 1. The molecule has 1 aromatic heterocycles. The standard InChI is InChI=1S/C18H15N3O4S/c1-25-14-8-6-12(7-9-14)18-20-13(11-26-18)10-19-17(22)15-4-2-3-5-16(15)21(23)24/h2-9,11H,10H2,1H3,(H,19,22). The van der Waals surface area contributed by atoms with Gasteiger partial charge in [-0.3, -0.25) is 14.9 Å². The maximum absolute atomic E-state index is 12.2. The minimum absolute atomic E-state index is 0.0307. The largest absolute Gasteiger partial charge is 0.497 e. The van der Waals surface area contributed by atoms with Crippen LogP contribution in [0.3, 0.4) is 0 Å². The van der Waals surface area contributed by atoms with E-state index in [9.17, 15) is 14.9 Å². The molecule has 0 bridgehead atoms. The number of carbonyl (C=O) groups is 1. The lowest BCUT2D eigenvalue weighted by atomic mass is 10.1. The fourth-order valence-electron chi connectivity index (χ4n) is 2.35. The van der Waals surface area contributed by atoms with Crippen LogP contribution in [-0.2, 0) is 6.54 Å². The van der Waals surface area contributed by atoms with Crippen LogP contribution in [0.15, 0.2) is 53.9 Å². The van der Waals surface area contributed by atoms with Crippen LogP contribution in [-0.4, -0.2) is 22.9 Å². The summed E-state index contributed by atoms with van der Waals surface area (Å²) in [5.74, 6) is 0.263. The lowest BCUT2D eigenvalue weighted by Gasteiger charge is -2.04. The first-order valence-corrected chi connectivity index (χ1v) is 8.57. The number of nitro benzene ring substituents is 1. The molecule has 2 aromatic carbocycles. The summed E-state index contributed by atoms with van der Waals surface area (Å²) >= 11 is 1.46. The Morgan fingerprint density at radius 2 is 1.96 bits per heavy atom. The number of nitro groups is 1. The summed E-state index contributed by atoms with van der Waals surface area (Å²) in [4.78, 5) is 27.2. The summed E-state index contributed by atoms with van der Waals surface area (Å²) in [6, 6.07) is 13.4. The Bertz CT molecular complexity index is 938. The fourth-order valence-corrected chi connectivity index (χ4v) is 3.17. The first kappa shape index (κ1) is 17.6. The van der Waals surface area contributed by atoms with Crippen molar-refractivity contribution in [1.29, 1.82) is 0 Å². The van der Waals surface area contributed by atoms with Gasteiger partial charge in [0.2, 0.25) is 0 Å². The van der Waals surface area contributed by atoms with Crippen molar-refractivity contribution in [3.05, 3.63) is 75.3 Å². The van der Waals surface area contributed by atoms with Crippen molar-refractivity contribution < 1.29 is 14.5 Å². The van der Waals surface area contributed by atoms with E-state index in [1.807, 2.05) is 29.6 Å². The van der Waals surface area contributed by atoms with Crippen LogP contribution in [0, 0.1) is 10.1 Å². The van der Waals surface area contributed by atoms with Gasteiger partial charge in [-0.05, 0) is 30.3 Å². The molecule has 0 aliphatic heterocycles. The van der Waals surface area contributed by atoms with E-state index in [1.54, 1.807) is 13.2 Å². The van der Waals surface area contributed by atoms with E-state index in [0.717, 1.165) is 16.3 Å². The molecule has 1 amide bonds. The highest BCUT2D eigenvalue weighted by Crippen LogP contribution is 2.25. The van der Waals surface area contributed by atoms with Crippen LogP contribution < -0.4 is 10.1 Å². The Hall–Kier alpha value is -3.26. The molecule has 0 unspecified atom stereocenters. The van der Waals surface area contributed by atoms with Crippen LogP contribution in [0.2, 0.25) is 0 Å². The van der Waals surface area contributed by atoms with Crippen molar-refractivity contribution in [3.8, 4) is 16.3 Å². The number of methoxy groups -OCH3 is 1. The molecule has 0 saturated carbocycles. The van der Waals surface area contributed by atoms with E-state index < -0.39 is 10.8 Å². The molecule has 0 atom stereocenters. The van der Waals surface area contributed by atoms with Crippen molar-refractivity contribution in [2.45, 2.75) is 6.54 Å². The van der Waals surface area contributed by atoms with Gasteiger partial charge in [0, 0.05) is 17.0 Å². The lowest BCUT2D eigenvalue weighted by molar-refractivity contribution is -0.385. The first-order valence-electron chi connectivity index (χ1n) is 7.69. The average Bonchev–Trinajstić information content (AvgIpc) is 3.15. The predicted molar refractivity (Wildman–Crippen MR) is 98.4 cm³/mol. The van der Waals surface area contributed by atoms with E-state index in [-0.39, 0.29) is 17.8 Å². The fraction of sp³-hybridized carbons (Fsp3) is 0.111. The maximum atomic E-state index is 12.2. The summed E-state index contributed by atoms with van der Waals surface area (Å²) in [7, 11) is 1.61. The Morgan fingerprint density at radius 1 is 1.23 bits per heavy atom. The summed E-state index contributed by atoms with van der Waals surface area (Å²) in [5, 5.41) is 16.4. The molecule has 0 aliphatic carbocycles. The van der Waals surface area contributed by atoms with Crippen molar-refractivity contribution in [3.63, 3.8) is 0 Å². The molecule has 3 aromatic rings. The zero-order chi connectivity index (χ0) is 18.5. The van der Waals surface area contributed by atoms with Gasteiger partial charge in [0.15, 0.2) is 0 Å². The molecule has 1 N–H and O–H groups in total. The highest BCUT2D eigenvalue weighted by atomic mass is 32.1. The number of hydrogen-bond donors (Lipinski definition) is 1. The van der Waals surface area contributed by atoms with E-state index in [0.29, 0.717) is 5.69 Å². The second-order valence-corrected chi connectivity index (χ2v) is 6.19. The van der Waals surface area contributed by atoms with Crippen LogP contribution >= 0.6 is 11.3 Å². The molecule has 8 heteroatoms. The molecule has 3 rings (SSSR count). The number of hydrogen-bond acceptors (Lipinski definition) is 6. The molecule has 7 nitrogen and oxygen atoms in total. The molecule has 0 saturated heterocycles. The lowest BCUT2D eigenvalue weighted by Crippen LogP contribution is -2.23. The number of carbonyl (C=O) groups excluding carboxylic acids is 1. The molecular weight excluding hydrogens is 354 g/mol. The minimum Gasteiger partial charge on any atom is -0.497 e. The minimum atomic E-state index is -0.570. The Kier molecular flexibility index (Phi) is 5.23. The Morgan fingerprint density at radius 3 is 2.65 bits per heavy atom. The molecule has 1 heterocycles. The van der Waals surface area contributed by atoms with Crippen molar-refractivity contribution in [2.75, 3.05) is 7.11 Å². The van der Waals surface area contributed by atoms with Gasteiger partial charge < -0.3 is 10.1 Å². The normalized spacial score (nSPS) is 10.3. The molecule has 0 fully saturated rings. The Balaban J connectivity index is 1.68. The molecule has 0 radical (unpaired) electrons. The topological polar surface area (TPSA) is 94.4 Å². The number of nitrogens with one attached hydrogen (secondary N) is 1. The van der Waals surface area contributed by atoms with Gasteiger partial charge in [0.1, 0.15) is 16.3 Å². The van der Waals surface area contributed by atoms with Gasteiger partial charge in [-0.25, -0.2) is 4.98 Å². The number of thiazole rings is 1. The van der Waals surface area contributed by atoms with Crippen LogP contribution in [0.1, 0.15) is 16.1 Å². The monoisotopic (exact) mass is 369 g/mol. The third-order valence-electron chi connectivity index (χ3n) is 3.66. The second kappa shape index (κ2) is 7.75. The van der Waals surface area contributed by atoms with Gasteiger partial charge in [0.25, 0.3) is 11.6 Å². The summed E-state index contributed by atoms with van der Waals surface area (Å²) in [6.07, 6.45) is 0. The second-order valence-electron chi connectivity index (χ2n) is 5.33. The van der Waals surface area contributed by atoms with Crippen molar-refractivity contribution >= 4 is 22.9 Å². The molecule has 132 valence electrons. The van der Waals surface area contributed by atoms with Gasteiger partial charge >= 0.3 is 0 Å². The summed E-state index contributed by atoms with van der Waals surface area (Å²) in [6.45, 7) is 0.192. The maximum Gasteiger partial charge on any atom is 0.282 e. The van der Waals surface area contributed by atoms with Crippen molar-refractivity contribution in [2.24, 2.45) is 0 Å². The van der Waals surface area contributed by atoms with Gasteiger partial charge in [-0.2, -0.15) is 0 Å². The Labute approximate surface area is 153 Å². The smallest absolute Gasteiger partial charge is 0.282 e. The number of amides is 1. The average molecular weight is 369 g/mol. The molecule has 26 heavy (non-hydrogen) atoms. The SMILES string of the molecule is COc1ccc(-c2nc(CNC(=O)c3ccccc3[N+](=O)[O-])cs2)cc1. The summed E-state index contributed by atoms with van der Waals surface area (Å²) < 4.78 is 5.13. The van der Waals surface area contributed by atoms with E-state index in [4.69, 9.17) is 4.74 Å².